The fourth-order valence-electron chi connectivity index (χ4n) is 4.65. The van der Waals surface area contributed by atoms with Gasteiger partial charge in [0.25, 0.3) is 0 Å². The van der Waals surface area contributed by atoms with Gasteiger partial charge in [-0.1, -0.05) is 30.3 Å². The lowest BCUT2D eigenvalue weighted by atomic mass is 9.91. The van der Waals surface area contributed by atoms with Crippen LogP contribution in [0.25, 0.3) is 0 Å². The second-order valence-electron chi connectivity index (χ2n) is 8.50. The van der Waals surface area contributed by atoms with Crippen LogP contribution in [0, 0.1) is 5.92 Å². The molecular formula is C28H31NO6. The highest BCUT2D eigenvalue weighted by Crippen LogP contribution is 2.43. The maximum absolute atomic E-state index is 11.5. The summed E-state index contributed by atoms with van der Waals surface area (Å²) in [5.74, 6) is 2.12. The predicted octanol–water partition coefficient (Wildman–Crippen LogP) is 5.39. The van der Waals surface area contributed by atoms with E-state index in [0.717, 1.165) is 22.6 Å². The normalized spacial score (nSPS) is 15.3. The maximum Gasteiger partial charge on any atom is 0.306 e. The number of ether oxygens (including phenoxy) is 4. The summed E-state index contributed by atoms with van der Waals surface area (Å²) in [6.07, 6.45) is 1.19. The van der Waals surface area contributed by atoms with Gasteiger partial charge >= 0.3 is 5.97 Å². The monoisotopic (exact) mass is 477 g/mol. The maximum atomic E-state index is 11.5. The number of para-hydroxylation sites is 1. The van der Waals surface area contributed by atoms with Gasteiger partial charge in [0, 0.05) is 0 Å². The number of likely N-dealkylation sites (tertiary alicyclic amines) is 1. The van der Waals surface area contributed by atoms with Gasteiger partial charge in [-0.25, -0.2) is 0 Å². The minimum atomic E-state index is -0.729. The van der Waals surface area contributed by atoms with Crippen LogP contribution in [0.15, 0.2) is 66.7 Å². The third-order valence-electron chi connectivity index (χ3n) is 6.40. The van der Waals surface area contributed by atoms with Crippen LogP contribution in [-0.4, -0.2) is 50.4 Å². The lowest BCUT2D eigenvalue weighted by Crippen LogP contribution is -2.39. The number of aliphatic carboxylic acids is 1. The summed E-state index contributed by atoms with van der Waals surface area (Å²) in [5, 5.41) is 9.49. The lowest BCUT2D eigenvalue weighted by molar-refractivity contribution is -0.143. The Hall–Kier alpha value is -3.71. The van der Waals surface area contributed by atoms with Gasteiger partial charge in [0.1, 0.15) is 11.5 Å². The Morgan fingerprint density at radius 1 is 0.829 bits per heavy atom. The molecule has 3 aromatic carbocycles. The van der Waals surface area contributed by atoms with E-state index < -0.39 is 5.97 Å². The third kappa shape index (κ3) is 5.52. The molecule has 0 radical (unpaired) electrons. The molecule has 1 N–H and O–H groups in total. The molecule has 0 spiro atoms. The Labute approximate surface area is 205 Å². The number of benzene rings is 3. The smallest absolute Gasteiger partial charge is 0.306 e. The molecule has 0 aromatic heterocycles. The van der Waals surface area contributed by atoms with Crippen molar-refractivity contribution >= 4 is 5.97 Å². The molecule has 0 bridgehead atoms. The third-order valence-corrected chi connectivity index (χ3v) is 6.40. The van der Waals surface area contributed by atoms with Crippen molar-refractivity contribution in [2.75, 3.05) is 34.4 Å². The van der Waals surface area contributed by atoms with Gasteiger partial charge in [-0.05, 0) is 73.5 Å². The number of carboxylic acids is 1. The van der Waals surface area contributed by atoms with E-state index in [1.165, 1.54) is 0 Å². The molecule has 0 amide bonds. The number of carbonyl (C=O) groups is 1. The Kier molecular flexibility index (Phi) is 7.77. The van der Waals surface area contributed by atoms with Crippen molar-refractivity contribution in [2.24, 2.45) is 5.92 Å². The first kappa shape index (κ1) is 24.4. The molecule has 7 heteroatoms. The number of rotatable bonds is 9. The van der Waals surface area contributed by atoms with Gasteiger partial charge < -0.3 is 24.1 Å². The molecule has 3 aromatic rings. The minimum Gasteiger partial charge on any atom is -0.493 e. The molecule has 1 heterocycles. The van der Waals surface area contributed by atoms with Crippen LogP contribution >= 0.6 is 0 Å². The van der Waals surface area contributed by atoms with E-state index in [1.54, 1.807) is 21.3 Å². The van der Waals surface area contributed by atoms with E-state index in [2.05, 4.69) is 11.0 Å². The molecule has 1 fully saturated rings. The number of carboxylic acid groups (broad SMARTS) is 1. The van der Waals surface area contributed by atoms with Crippen molar-refractivity contribution in [3.8, 4) is 28.7 Å². The molecule has 184 valence electrons. The zero-order valence-electron chi connectivity index (χ0n) is 20.3. The average molecular weight is 478 g/mol. The molecule has 0 saturated carbocycles. The van der Waals surface area contributed by atoms with Crippen LogP contribution in [0.4, 0.5) is 0 Å². The molecular weight excluding hydrogens is 446 g/mol. The Morgan fingerprint density at radius 2 is 1.46 bits per heavy atom. The van der Waals surface area contributed by atoms with Gasteiger partial charge in [0.15, 0.2) is 11.5 Å². The summed E-state index contributed by atoms with van der Waals surface area (Å²) >= 11 is 0. The van der Waals surface area contributed by atoms with E-state index in [0.29, 0.717) is 43.2 Å². The largest absolute Gasteiger partial charge is 0.493 e. The Bertz CT molecular complexity index is 1120. The van der Waals surface area contributed by atoms with E-state index in [9.17, 15) is 9.90 Å². The molecule has 1 saturated heterocycles. The topological polar surface area (TPSA) is 77.5 Å². The number of hydrogen-bond donors (Lipinski definition) is 1. The highest BCUT2D eigenvalue weighted by Gasteiger charge is 2.31. The van der Waals surface area contributed by atoms with Crippen LogP contribution in [0.3, 0.4) is 0 Å². The first-order valence-electron chi connectivity index (χ1n) is 11.6. The van der Waals surface area contributed by atoms with Gasteiger partial charge in [-0.2, -0.15) is 0 Å². The summed E-state index contributed by atoms with van der Waals surface area (Å²) in [6, 6.07) is 21.4. The second-order valence-corrected chi connectivity index (χ2v) is 8.50. The predicted molar refractivity (Wildman–Crippen MR) is 133 cm³/mol. The van der Waals surface area contributed by atoms with Gasteiger partial charge in [0.05, 0.1) is 33.3 Å². The van der Waals surface area contributed by atoms with Crippen molar-refractivity contribution in [3.05, 3.63) is 77.9 Å². The molecule has 35 heavy (non-hydrogen) atoms. The molecule has 1 aliphatic rings. The molecule has 0 aliphatic carbocycles. The quantitative estimate of drug-likeness (QED) is 0.443. The highest BCUT2D eigenvalue weighted by molar-refractivity contribution is 5.70. The van der Waals surface area contributed by atoms with Gasteiger partial charge in [-0.15, -0.1) is 0 Å². The van der Waals surface area contributed by atoms with E-state index >= 15 is 0 Å². The Morgan fingerprint density at radius 3 is 2.03 bits per heavy atom. The van der Waals surface area contributed by atoms with Crippen molar-refractivity contribution in [1.82, 2.24) is 4.90 Å². The highest BCUT2D eigenvalue weighted by atomic mass is 16.5. The first-order valence-corrected chi connectivity index (χ1v) is 11.6. The summed E-state index contributed by atoms with van der Waals surface area (Å²) < 4.78 is 22.9. The van der Waals surface area contributed by atoms with Gasteiger partial charge in [-0.3, -0.25) is 9.69 Å². The molecule has 1 aliphatic heterocycles. The number of piperidine rings is 1. The fourth-order valence-corrected chi connectivity index (χ4v) is 4.65. The number of hydrogen-bond acceptors (Lipinski definition) is 6. The van der Waals surface area contributed by atoms with Crippen LogP contribution in [0.2, 0.25) is 0 Å². The molecule has 1 unspecified atom stereocenters. The Balaban J connectivity index is 1.75. The number of nitrogens with zero attached hydrogens (tertiary/aromatic N) is 1. The SMILES string of the molecule is COc1cc(C(c2cccc(Oc3ccccc3)c2)N2CCC(C(=O)O)CC2)cc(OC)c1OC. The first-order chi connectivity index (χ1) is 17.0. The zero-order chi connectivity index (χ0) is 24.8. The average Bonchev–Trinajstić information content (AvgIpc) is 2.89. The van der Waals surface area contributed by atoms with E-state index in [-0.39, 0.29) is 12.0 Å². The lowest BCUT2D eigenvalue weighted by Gasteiger charge is -2.37. The van der Waals surface area contributed by atoms with Crippen LogP contribution in [0.5, 0.6) is 28.7 Å². The van der Waals surface area contributed by atoms with Gasteiger partial charge in [0.2, 0.25) is 5.75 Å². The number of methoxy groups -OCH3 is 3. The molecule has 7 nitrogen and oxygen atoms in total. The summed E-state index contributed by atoms with van der Waals surface area (Å²) in [7, 11) is 4.78. The fraction of sp³-hybridized carbons (Fsp3) is 0.321. The van der Waals surface area contributed by atoms with Crippen molar-refractivity contribution < 1.29 is 28.8 Å². The van der Waals surface area contributed by atoms with Crippen LogP contribution in [-0.2, 0) is 4.79 Å². The second kappa shape index (κ2) is 11.1. The van der Waals surface area contributed by atoms with Crippen molar-refractivity contribution in [3.63, 3.8) is 0 Å². The summed E-state index contributed by atoms with van der Waals surface area (Å²) in [6.45, 7) is 1.31. The van der Waals surface area contributed by atoms with Crippen LogP contribution in [0.1, 0.15) is 30.0 Å². The van der Waals surface area contributed by atoms with E-state index in [1.807, 2.05) is 60.7 Å². The van der Waals surface area contributed by atoms with Crippen molar-refractivity contribution in [2.45, 2.75) is 18.9 Å². The molecule has 1 atom stereocenters. The van der Waals surface area contributed by atoms with Crippen molar-refractivity contribution in [1.29, 1.82) is 0 Å². The summed E-state index contributed by atoms with van der Waals surface area (Å²) in [4.78, 5) is 13.9. The standard InChI is InChI=1S/C28H31NO6/c1-32-24-17-21(18-25(33-2)27(24)34-3)26(29-14-12-19(13-15-29)28(30)31)20-8-7-11-23(16-20)35-22-9-5-4-6-10-22/h4-11,16-19,26H,12-15H2,1-3H3,(H,30,31). The minimum absolute atomic E-state index is 0.155. The summed E-state index contributed by atoms with van der Waals surface area (Å²) in [5.41, 5.74) is 1.99. The zero-order valence-corrected chi connectivity index (χ0v) is 20.3. The molecule has 4 rings (SSSR count). The van der Waals surface area contributed by atoms with Crippen LogP contribution < -0.4 is 18.9 Å². The van der Waals surface area contributed by atoms with E-state index in [4.69, 9.17) is 18.9 Å².